The Morgan fingerprint density at radius 3 is 2.88 bits per heavy atom. The van der Waals surface area contributed by atoms with Crippen molar-refractivity contribution < 1.29 is 4.92 Å². The molecule has 1 fully saturated rings. The second-order valence-corrected chi connectivity index (χ2v) is 4.79. The number of anilines is 1. The molecule has 2 rings (SSSR count). The van der Waals surface area contributed by atoms with Gasteiger partial charge in [0.2, 0.25) is 0 Å². The lowest BCUT2D eigenvalue weighted by Gasteiger charge is -2.06. The minimum absolute atomic E-state index is 0.191. The van der Waals surface area contributed by atoms with E-state index in [1.54, 1.807) is 19.1 Å². The summed E-state index contributed by atoms with van der Waals surface area (Å²) in [5.74, 6) is 0.787. The maximum absolute atomic E-state index is 10.7. The predicted octanol–water partition coefficient (Wildman–Crippen LogP) is 3.50. The highest BCUT2D eigenvalue weighted by atomic mass is 16.6. The van der Waals surface area contributed by atoms with Gasteiger partial charge in [-0.2, -0.15) is 0 Å². The second kappa shape index (κ2) is 4.73. The molecule has 1 aliphatic carbocycles. The molecule has 1 saturated carbocycles. The highest BCUT2D eigenvalue weighted by Crippen LogP contribution is 2.37. The normalized spacial score (nSPS) is 22.2. The number of benzene rings is 1. The average molecular weight is 234 g/mol. The van der Waals surface area contributed by atoms with Crippen LogP contribution in [0.15, 0.2) is 18.2 Å². The Morgan fingerprint density at radius 1 is 1.53 bits per heavy atom. The molecule has 0 heterocycles. The Bertz CT molecular complexity index is 431. The van der Waals surface area contributed by atoms with E-state index in [0.717, 1.165) is 11.6 Å². The van der Waals surface area contributed by atoms with Crippen molar-refractivity contribution in [2.75, 3.05) is 5.32 Å². The molecule has 17 heavy (non-hydrogen) atoms. The molecule has 4 heteroatoms. The Labute approximate surface area is 101 Å². The molecule has 1 N–H and O–H groups in total. The molecule has 0 amide bonds. The van der Waals surface area contributed by atoms with Crippen molar-refractivity contribution in [2.24, 2.45) is 5.92 Å². The number of hydrogen-bond donors (Lipinski definition) is 1. The summed E-state index contributed by atoms with van der Waals surface area (Å²) in [5, 5.41) is 14.1. The zero-order valence-corrected chi connectivity index (χ0v) is 10.3. The molecule has 0 radical (unpaired) electrons. The van der Waals surface area contributed by atoms with Gasteiger partial charge in [-0.05, 0) is 37.8 Å². The molecule has 4 nitrogen and oxygen atoms in total. The van der Waals surface area contributed by atoms with Gasteiger partial charge in [-0.15, -0.1) is 0 Å². The second-order valence-electron chi connectivity index (χ2n) is 4.79. The van der Waals surface area contributed by atoms with Crippen LogP contribution < -0.4 is 5.32 Å². The van der Waals surface area contributed by atoms with Gasteiger partial charge in [0.25, 0.3) is 5.69 Å². The van der Waals surface area contributed by atoms with Crippen molar-refractivity contribution in [3.8, 4) is 0 Å². The van der Waals surface area contributed by atoms with E-state index in [-0.39, 0.29) is 10.6 Å². The summed E-state index contributed by atoms with van der Waals surface area (Å²) < 4.78 is 0. The van der Waals surface area contributed by atoms with Gasteiger partial charge in [0, 0.05) is 23.4 Å². The number of hydrogen-bond acceptors (Lipinski definition) is 3. The summed E-state index contributed by atoms with van der Waals surface area (Å²) >= 11 is 0. The zero-order chi connectivity index (χ0) is 12.4. The number of rotatable bonds is 5. The number of nitrogens with one attached hydrogen (secondary N) is 1. The third-order valence-electron chi connectivity index (χ3n) is 3.33. The van der Waals surface area contributed by atoms with Gasteiger partial charge in [0.05, 0.1) is 4.92 Å². The van der Waals surface area contributed by atoms with Crippen LogP contribution in [0.1, 0.15) is 31.7 Å². The van der Waals surface area contributed by atoms with Crippen LogP contribution in [0, 0.1) is 23.0 Å². The molecule has 1 aromatic rings. The molecule has 92 valence electrons. The summed E-state index contributed by atoms with van der Waals surface area (Å²) in [6.45, 7) is 3.98. The Hall–Kier alpha value is -1.58. The molecule has 2 unspecified atom stereocenters. The molecule has 0 bridgehead atoms. The summed E-state index contributed by atoms with van der Waals surface area (Å²) in [6, 6.07) is 5.80. The van der Waals surface area contributed by atoms with Crippen molar-refractivity contribution >= 4 is 11.4 Å². The number of nitrogens with zero attached hydrogens (tertiary/aromatic N) is 1. The average Bonchev–Trinajstić information content (AvgIpc) is 2.96. The fourth-order valence-electron chi connectivity index (χ4n) is 2.28. The van der Waals surface area contributed by atoms with Crippen LogP contribution in [-0.4, -0.2) is 11.0 Å². The standard InChI is InChI=1S/C13H18N2O2/c1-3-4-10-8-12(10)14-11-5-6-13(15(16)17)9(2)7-11/h5-7,10,12,14H,3-4,8H2,1-2H3. The van der Waals surface area contributed by atoms with Crippen LogP contribution in [0.3, 0.4) is 0 Å². The van der Waals surface area contributed by atoms with Crippen LogP contribution in [0.5, 0.6) is 0 Å². The topological polar surface area (TPSA) is 55.2 Å². The predicted molar refractivity (Wildman–Crippen MR) is 68.3 cm³/mol. The Morgan fingerprint density at radius 2 is 2.29 bits per heavy atom. The monoisotopic (exact) mass is 234 g/mol. The van der Waals surface area contributed by atoms with Crippen molar-refractivity contribution in [3.05, 3.63) is 33.9 Å². The maximum Gasteiger partial charge on any atom is 0.272 e. The smallest absolute Gasteiger partial charge is 0.272 e. The quantitative estimate of drug-likeness (QED) is 0.626. The van der Waals surface area contributed by atoms with Gasteiger partial charge in [-0.3, -0.25) is 10.1 Å². The molecular weight excluding hydrogens is 216 g/mol. The fourth-order valence-corrected chi connectivity index (χ4v) is 2.28. The molecule has 0 aliphatic heterocycles. The van der Waals surface area contributed by atoms with Crippen molar-refractivity contribution in [3.63, 3.8) is 0 Å². The van der Waals surface area contributed by atoms with Gasteiger partial charge in [-0.25, -0.2) is 0 Å². The van der Waals surface area contributed by atoms with E-state index < -0.39 is 0 Å². The zero-order valence-electron chi connectivity index (χ0n) is 10.3. The maximum atomic E-state index is 10.7. The fraction of sp³-hybridized carbons (Fsp3) is 0.538. The van der Waals surface area contributed by atoms with Gasteiger partial charge in [0.15, 0.2) is 0 Å². The summed E-state index contributed by atoms with van der Waals surface area (Å²) in [5.41, 5.74) is 1.90. The minimum Gasteiger partial charge on any atom is -0.382 e. The lowest BCUT2D eigenvalue weighted by molar-refractivity contribution is -0.385. The van der Waals surface area contributed by atoms with Gasteiger partial charge in [-0.1, -0.05) is 13.3 Å². The van der Waals surface area contributed by atoms with Crippen LogP contribution in [0.2, 0.25) is 0 Å². The van der Waals surface area contributed by atoms with Gasteiger partial charge < -0.3 is 5.32 Å². The van der Waals surface area contributed by atoms with Crippen LogP contribution in [0.4, 0.5) is 11.4 Å². The Balaban J connectivity index is 1.99. The first kappa shape index (κ1) is 11.9. The Kier molecular flexibility index (Phi) is 3.31. The van der Waals surface area contributed by atoms with E-state index in [2.05, 4.69) is 12.2 Å². The van der Waals surface area contributed by atoms with E-state index in [9.17, 15) is 10.1 Å². The molecule has 2 atom stereocenters. The molecule has 0 aromatic heterocycles. The molecule has 1 aromatic carbocycles. The number of nitro benzene ring substituents is 1. The van der Waals surface area contributed by atoms with E-state index in [0.29, 0.717) is 11.6 Å². The SMILES string of the molecule is CCCC1CC1Nc1ccc([N+](=O)[O-])c(C)c1. The van der Waals surface area contributed by atoms with Crippen LogP contribution in [-0.2, 0) is 0 Å². The van der Waals surface area contributed by atoms with E-state index in [4.69, 9.17) is 0 Å². The lowest BCUT2D eigenvalue weighted by Crippen LogP contribution is -2.05. The number of aryl methyl sites for hydroxylation is 1. The summed E-state index contributed by atoms with van der Waals surface area (Å²) in [4.78, 5) is 10.4. The first-order valence-electron chi connectivity index (χ1n) is 6.13. The highest BCUT2D eigenvalue weighted by Gasteiger charge is 2.35. The third-order valence-corrected chi connectivity index (χ3v) is 3.33. The highest BCUT2D eigenvalue weighted by molar-refractivity contribution is 5.54. The summed E-state index contributed by atoms with van der Waals surface area (Å²) in [7, 11) is 0. The lowest BCUT2D eigenvalue weighted by atomic mass is 10.2. The van der Waals surface area contributed by atoms with Gasteiger partial charge in [0.1, 0.15) is 0 Å². The third kappa shape index (κ3) is 2.75. The number of nitro groups is 1. The van der Waals surface area contributed by atoms with Gasteiger partial charge >= 0.3 is 0 Å². The van der Waals surface area contributed by atoms with E-state index in [1.165, 1.54) is 19.3 Å². The first-order chi connectivity index (χ1) is 8.11. The largest absolute Gasteiger partial charge is 0.382 e. The van der Waals surface area contributed by atoms with Crippen molar-refractivity contribution in [2.45, 2.75) is 39.2 Å². The molecular formula is C13H18N2O2. The molecule has 0 saturated heterocycles. The van der Waals surface area contributed by atoms with Crippen LogP contribution in [0.25, 0.3) is 0 Å². The molecule has 1 aliphatic rings. The first-order valence-corrected chi connectivity index (χ1v) is 6.13. The van der Waals surface area contributed by atoms with E-state index in [1.807, 2.05) is 6.07 Å². The van der Waals surface area contributed by atoms with E-state index >= 15 is 0 Å². The minimum atomic E-state index is -0.337. The van der Waals surface area contributed by atoms with Crippen LogP contribution >= 0.6 is 0 Å². The van der Waals surface area contributed by atoms with Crippen molar-refractivity contribution in [1.29, 1.82) is 0 Å². The molecule has 0 spiro atoms. The van der Waals surface area contributed by atoms with Crippen molar-refractivity contribution in [1.82, 2.24) is 0 Å². The summed E-state index contributed by atoms with van der Waals surface area (Å²) in [6.07, 6.45) is 3.72.